The molecule has 1 aliphatic heterocycles. The largest absolute Gasteiger partial charge is 0.470 e. The highest BCUT2D eigenvalue weighted by Gasteiger charge is 2.17. The first-order chi connectivity index (χ1) is 11.7. The molecule has 5 heteroatoms. The summed E-state index contributed by atoms with van der Waals surface area (Å²) in [4.78, 5) is 16.4. The van der Waals surface area contributed by atoms with E-state index in [-0.39, 0.29) is 12.0 Å². The van der Waals surface area contributed by atoms with Gasteiger partial charge in [-0.2, -0.15) is 0 Å². The number of nitrogens with zero attached hydrogens (tertiary/aromatic N) is 1. The van der Waals surface area contributed by atoms with E-state index in [4.69, 9.17) is 9.47 Å². The van der Waals surface area contributed by atoms with E-state index in [1.807, 2.05) is 37.3 Å². The minimum absolute atomic E-state index is 0.0965. The number of carbonyl (C=O) groups excluding carboxylic acids is 1. The first-order valence-electron chi connectivity index (χ1n) is 8.26. The molecule has 0 saturated carbocycles. The van der Waals surface area contributed by atoms with E-state index in [0.717, 1.165) is 25.2 Å². The maximum Gasteiger partial charge on any atom is 0.252 e. The lowest BCUT2D eigenvalue weighted by Crippen LogP contribution is -2.29. The normalized spacial score (nSPS) is 18.1. The van der Waals surface area contributed by atoms with Gasteiger partial charge in [0.15, 0.2) is 0 Å². The molecular weight excluding hydrogens is 304 g/mol. The van der Waals surface area contributed by atoms with Crippen molar-refractivity contribution in [2.24, 2.45) is 5.92 Å². The summed E-state index contributed by atoms with van der Waals surface area (Å²) in [5.74, 6) is 0.806. The summed E-state index contributed by atoms with van der Waals surface area (Å²) in [6.07, 6.45) is 2.46. The molecule has 1 fully saturated rings. The molecule has 0 bridgehead atoms. The fourth-order valence-electron chi connectivity index (χ4n) is 2.64. The summed E-state index contributed by atoms with van der Waals surface area (Å²) >= 11 is 0. The molecule has 1 aliphatic rings. The van der Waals surface area contributed by atoms with Gasteiger partial charge in [-0.1, -0.05) is 30.3 Å². The number of pyridine rings is 1. The number of benzene rings is 1. The van der Waals surface area contributed by atoms with Gasteiger partial charge in [0.05, 0.1) is 12.2 Å². The van der Waals surface area contributed by atoms with Gasteiger partial charge in [0, 0.05) is 31.3 Å². The van der Waals surface area contributed by atoms with Crippen LogP contribution in [0.4, 0.5) is 0 Å². The number of hydrogen-bond acceptors (Lipinski definition) is 4. The summed E-state index contributed by atoms with van der Waals surface area (Å²) in [5.41, 5.74) is 1.62. The monoisotopic (exact) mass is 326 g/mol. The number of ether oxygens (including phenoxy) is 2. The third-order valence-corrected chi connectivity index (χ3v) is 4.14. The van der Waals surface area contributed by atoms with Crippen molar-refractivity contribution in [1.29, 1.82) is 0 Å². The topological polar surface area (TPSA) is 60.5 Å². The number of rotatable bonds is 6. The molecule has 2 atom stereocenters. The molecule has 0 spiro atoms. The van der Waals surface area contributed by atoms with Crippen LogP contribution >= 0.6 is 0 Å². The number of aromatic nitrogens is 1. The van der Waals surface area contributed by atoms with Crippen LogP contribution < -0.4 is 10.1 Å². The van der Waals surface area contributed by atoms with E-state index in [9.17, 15) is 4.79 Å². The Morgan fingerprint density at radius 1 is 1.33 bits per heavy atom. The Kier molecular flexibility index (Phi) is 5.43. The molecule has 1 aromatic carbocycles. The highest BCUT2D eigenvalue weighted by molar-refractivity contribution is 5.93. The molecule has 1 amide bonds. The van der Waals surface area contributed by atoms with E-state index in [0.29, 0.717) is 23.9 Å². The summed E-state index contributed by atoms with van der Waals surface area (Å²) in [5, 5.41) is 2.93. The van der Waals surface area contributed by atoms with Crippen molar-refractivity contribution in [2.75, 3.05) is 19.8 Å². The first-order valence-corrected chi connectivity index (χ1v) is 8.26. The van der Waals surface area contributed by atoms with Gasteiger partial charge in [-0.05, 0) is 25.0 Å². The highest BCUT2D eigenvalue weighted by Crippen LogP contribution is 2.19. The van der Waals surface area contributed by atoms with Crippen LogP contribution in [-0.4, -0.2) is 30.6 Å². The Morgan fingerprint density at radius 3 is 2.83 bits per heavy atom. The van der Waals surface area contributed by atoms with Gasteiger partial charge in [-0.15, -0.1) is 0 Å². The molecule has 3 rings (SSSR count). The van der Waals surface area contributed by atoms with Gasteiger partial charge in [0.1, 0.15) is 6.10 Å². The number of amides is 1. The van der Waals surface area contributed by atoms with Crippen LogP contribution in [-0.2, 0) is 4.74 Å². The zero-order valence-electron chi connectivity index (χ0n) is 13.8. The van der Waals surface area contributed by atoms with Crippen molar-refractivity contribution in [1.82, 2.24) is 10.3 Å². The molecule has 1 N–H and O–H groups in total. The van der Waals surface area contributed by atoms with Gasteiger partial charge < -0.3 is 14.8 Å². The van der Waals surface area contributed by atoms with Crippen molar-refractivity contribution in [2.45, 2.75) is 19.4 Å². The molecule has 1 aromatic heterocycles. The van der Waals surface area contributed by atoms with Crippen LogP contribution in [0.1, 0.15) is 35.4 Å². The fraction of sp³-hybridized carbons (Fsp3) is 0.368. The minimum atomic E-state index is -0.114. The average molecular weight is 326 g/mol. The lowest BCUT2D eigenvalue weighted by Gasteiger charge is -2.14. The van der Waals surface area contributed by atoms with E-state index in [1.54, 1.807) is 18.3 Å². The zero-order valence-corrected chi connectivity index (χ0v) is 13.8. The van der Waals surface area contributed by atoms with Gasteiger partial charge in [-0.25, -0.2) is 4.98 Å². The SMILES string of the molecule is C[C@@H](Oc1ccc(C(=O)NC[C@H]2CCOC2)cn1)c1ccccc1. The first kappa shape index (κ1) is 16.5. The third-order valence-electron chi connectivity index (χ3n) is 4.14. The molecule has 126 valence electrons. The van der Waals surface area contributed by atoms with Crippen LogP contribution in [0.3, 0.4) is 0 Å². The molecular formula is C19H22N2O3. The van der Waals surface area contributed by atoms with Crippen molar-refractivity contribution in [3.05, 3.63) is 59.8 Å². The quantitative estimate of drug-likeness (QED) is 0.886. The van der Waals surface area contributed by atoms with Crippen molar-refractivity contribution in [3.8, 4) is 5.88 Å². The van der Waals surface area contributed by atoms with Gasteiger partial charge >= 0.3 is 0 Å². The van der Waals surface area contributed by atoms with Crippen LogP contribution in [0.2, 0.25) is 0 Å². The second-order valence-corrected chi connectivity index (χ2v) is 6.00. The minimum Gasteiger partial charge on any atom is -0.470 e. The summed E-state index contributed by atoms with van der Waals surface area (Å²) in [7, 11) is 0. The number of hydrogen-bond donors (Lipinski definition) is 1. The van der Waals surface area contributed by atoms with E-state index < -0.39 is 0 Å². The van der Waals surface area contributed by atoms with Gasteiger partial charge in [0.2, 0.25) is 5.88 Å². The Labute approximate surface area is 142 Å². The molecule has 0 radical (unpaired) electrons. The fourth-order valence-corrected chi connectivity index (χ4v) is 2.64. The highest BCUT2D eigenvalue weighted by atomic mass is 16.5. The Morgan fingerprint density at radius 2 is 2.17 bits per heavy atom. The third kappa shape index (κ3) is 4.32. The number of nitrogens with one attached hydrogen (secondary N) is 1. The lowest BCUT2D eigenvalue weighted by molar-refractivity contribution is 0.0944. The zero-order chi connectivity index (χ0) is 16.8. The standard InChI is InChI=1S/C19H22N2O3/c1-14(16-5-3-2-4-6-16)24-18-8-7-17(12-20-18)19(22)21-11-15-9-10-23-13-15/h2-8,12,14-15H,9-11,13H2,1H3,(H,21,22)/t14-,15-/m1/s1. The van der Waals surface area contributed by atoms with E-state index in [1.165, 1.54) is 0 Å². The van der Waals surface area contributed by atoms with Gasteiger partial charge in [0.25, 0.3) is 5.91 Å². The molecule has 5 nitrogen and oxygen atoms in total. The maximum absolute atomic E-state index is 12.1. The van der Waals surface area contributed by atoms with Crippen molar-refractivity contribution < 1.29 is 14.3 Å². The van der Waals surface area contributed by atoms with Gasteiger partial charge in [-0.3, -0.25) is 4.79 Å². The Bertz CT molecular complexity index is 652. The molecule has 0 aliphatic carbocycles. The Hall–Kier alpha value is -2.40. The van der Waals surface area contributed by atoms with Crippen molar-refractivity contribution in [3.63, 3.8) is 0 Å². The predicted molar refractivity (Wildman–Crippen MR) is 91.0 cm³/mol. The predicted octanol–water partition coefficient (Wildman–Crippen LogP) is 2.99. The van der Waals surface area contributed by atoms with E-state index in [2.05, 4.69) is 10.3 Å². The lowest BCUT2D eigenvalue weighted by atomic mass is 10.1. The molecule has 1 saturated heterocycles. The summed E-state index contributed by atoms with van der Waals surface area (Å²) in [6, 6.07) is 13.4. The molecule has 0 unspecified atom stereocenters. The number of carbonyl (C=O) groups is 1. The second-order valence-electron chi connectivity index (χ2n) is 6.00. The van der Waals surface area contributed by atoms with Crippen molar-refractivity contribution >= 4 is 5.91 Å². The van der Waals surface area contributed by atoms with Crippen LogP contribution in [0, 0.1) is 5.92 Å². The molecule has 2 heterocycles. The smallest absolute Gasteiger partial charge is 0.252 e. The average Bonchev–Trinajstić information content (AvgIpc) is 3.14. The van der Waals surface area contributed by atoms with Crippen LogP contribution in [0.5, 0.6) is 5.88 Å². The maximum atomic E-state index is 12.1. The van der Waals surface area contributed by atoms with Crippen LogP contribution in [0.15, 0.2) is 48.7 Å². The summed E-state index contributed by atoms with van der Waals surface area (Å²) < 4.78 is 11.1. The second kappa shape index (κ2) is 7.93. The molecule has 24 heavy (non-hydrogen) atoms. The summed E-state index contributed by atoms with van der Waals surface area (Å²) in [6.45, 7) is 4.12. The Balaban J connectivity index is 1.53. The van der Waals surface area contributed by atoms with E-state index >= 15 is 0 Å². The molecule has 2 aromatic rings. The van der Waals surface area contributed by atoms with Crippen LogP contribution in [0.25, 0.3) is 0 Å².